The van der Waals surface area contributed by atoms with Gasteiger partial charge in [-0.15, -0.1) is 106 Å². The van der Waals surface area contributed by atoms with Gasteiger partial charge in [0.1, 0.15) is 0 Å². The normalized spacial score (nSPS) is 11.6. The van der Waals surface area contributed by atoms with Crippen molar-refractivity contribution in [3.8, 4) is 33.8 Å². The van der Waals surface area contributed by atoms with Crippen LogP contribution < -0.4 is 0 Å². The molecule has 0 aliphatic carbocycles. The SMILES string of the molecule is CC(C)(C)c1c[c-]c(-c2nccc3ccccc23)cc1.CC(C)(C)c1c[c-]c(-c2nccc3ccccc23)cc1.CC(C)(C)c1c[c-]c(-c2nccc3ccccc23)cc1.[Ir+3]. The Morgan fingerprint density at radius 3 is 0.820 bits per heavy atom. The number of benzene rings is 6. The first-order chi connectivity index (χ1) is 28.7. The van der Waals surface area contributed by atoms with Gasteiger partial charge in [-0.1, -0.05) is 135 Å². The van der Waals surface area contributed by atoms with Gasteiger partial charge in [0.2, 0.25) is 0 Å². The summed E-state index contributed by atoms with van der Waals surface area (Å²) in [7, 11) is 0. The Kier molecular flexibility index (Phi) is 13.8. The maximum atomic E-state index is 4.54. The van der Waals surface area contributed by atoms with E-state index in [1.807, 2.05) is 36.8 Å². The van der Waals surface area contributed by atoms with Gasteiger partial charge in [0.05, 0.1) is 0 Å². The van der Waals surface area contributed by atoms with Crippen molar-refractivity contribution in [1.29, 1.82) is 0 Å². The number of rotatable bonds is 3. The van der Waals surface area contributed by atoms with Crippen molar-refractivity contribution in [2.45, 2.75) is 78.6 Å². The summed E-state index contributed by atoms with van der Waals surface area (Å²) in [6.45, 7) is 19.9. The van der Waals surface area contributed by atoms with Crippen LogP contribution in [0.1, 0.15) is 79.0 Å². The van der Waals surface area contributed by atoms with Gasteiger partial charge in [-0.05, 0) is 83.8 Å². The van der Waals surface area contributed by atoms with E-state index in [1.54, 1.807) is 0 Å². The molecule has 0 spiro atoms. The first-order valence-corrected chi connectivity index (χ1v) is 20.8. The van der Waals surface area contributed by atoms with E-state index in [1.165, 1.54) is 49.0 Å². The van der Waals surface area contributed by atoms with E-state index < -0.39 is 0 Å². The van der Waals surface area contributed by atoms with Crippen molar-refractivity contribution >= 4 is 32.3 Å². The van der Waals surface area contributed by atoms with Gasteiger partial charge in [0.15, 0.2) is 0 Å². The number of hydrogen-bond donors (Lipinski definition) is 0. The summed E-state index contributed by atoms with van der Waals surface area (Å²) >= 11 is 0. The van der Waals surface area contributed by atoms with Crippen molar-refractivity contribution < 1.29 is 20.1 Å². The van der Waals surface area contributed by atoms with Crippen LogP contribution in [0.5, 0.6) is 0 Å². The molecule has 0 aliphatic rings. The van der Waals surface area contributed by atoms with E-state index in [0.717, 1.165) is 33.8 Å². The Labute approximate surface area is 376 Å². The molecule has 0 unspecified atom stereocenters. The molecule has 4 heteroatoms. The van der Waals surface area contributed by atoms with Crippen molar-refractivity contribution in [3.05, 3.63) is 199 Å². The molecule has 0 aliphatic heterocycles. The number of hydrogen-bond acceptors (Lipinski definition) is 3. The van der Waals surface area contributed by atoms with Gasteiger partial charge in [-0.2, -0.15) is 0 Å². The van der Waals surface area contributed by atoms with E-state index in [-0.39, 0.29) is 36.4 Å². The van der Waals surface area contributed by atoms with Crippen LogP contribution >= 0.6 is 0 Å². The summed E-state index contributed by atoms with van der Waals surface area (Å²) in [6.07, 6.45) is 5.59. The minimum Gasteiger partial charge on any atom is -0.304 e. The van der Waals surface area contributed by atoms with Crippen LogP contribution in [0.2, 0.25) is 0 Å². The first kappa shape index (κ1) is 44.7. The average molecular weight is 973 g/mol. The molecule has 0 saturated heterocycles. The Hall–Kier alpha value is -5.80. The maximum Gasteiger partial charge on any atom is 3.00 e. The van der Waals surface area contributed by atoms with Crippen molar-refractivity contribution in [2.24, 2.45) is 0 Å². The second kappa shape index (κ2) is 18.9. The second-order valence-electron chi connectivity index (χ2n) is 18.4. The van der Waals surface area contributed by atoms with Crippen LogP contribution in [0.25, 0.3) is 66.1 Å². The molecule has 0 fully saturated rings. The average Bonchev–Trinajstić information content (AvgIpc) is 3.25. The molecule has 0 N–H and O–H groups in total. The standard InChI is InChI=1S/3C19H18N.Ir/c3*1-19(2,3)16-10-8-15(9-11-16)18-17-7-5-4-6-14(17)12-13-20-18;/h3*4-8,10-13H,1-3H3;/q3*-1;+3. The van der Waals surface area contributed by atoms with Crippen molar-refractivity contribution in [3.63, 3.8) is 0 Å². The molecular formula is C57H54IrN3. The third-order valence-electron chi connectivity index (χ3n) is 10.8. The molecular weight excluding hydrogens is 919 g/mol. The van der Waals surface area contributed by atoms with Gasteiger partial charge in [0, 0.05) is 18.6 Å². The molecule has 0 atom stereocenters. The van der Waals surface area contributed by atoms with Crippen molar-refractivity contribution in [2.75, 3.05) is 0 Å². The van der Waals surface area contributed by atoms with Crippen LogP contribution in [0.3, 0.4) is 0 Å². The van der Waals surface area contributed by atoms with Gasteiger partial charge < -0.3 is 15.0 Å². The summed E-state index contributed by atoms with van der Waals surface area (Å²) in [5.41, 5.74) is 10.5. The minimum atomic E-state index is 0. The zero-order chi connectivity index (χ0) is 42.5. The van der Waals surface area contributed by atoms with E-state index in [2.05, 4.69) is 223 Å². The predicted octanol–water partition coefficient (Wildman–Crippen LogP) is 15.0. The second-order valence-corrected chi connectivity index (χ2v) is 18.4. The number of aromatic nitrogens is 3. The fourth-order valence-corrected chi connectivity index (χ4v) is 7.12. The van der Waals surface area contributed by atoms with Gasteiger partial charge in [0.25, 0.3) is 0 Å². The monoisotopic (exact) mass is 973 g/mol. The van der Waals surface area contributed by atoms with Gasteiger partial charge in [-0.3, -0.25) is 0 Å². The fourth-order valence-electron chi connectivity index (χ4n) is 7.12. The largest absolute Gasteiger partial charge is 3.00 e. The molecule has 3 nitrogen and oxygen atoms in total. The molecule has 0 radical (unpaired) electrons. The van der Waals surface area contributed by atoms with Crippen LogP contribution in [-0.2, 0) is 36.4 Å². The van der Waals surface area contributed by atoms with Crippen LogP contribution in [0.15, 0.2) is 164 Å². The van der Waals surface area contributed by atoms with Crippen LogP contribution in [0.4, 0.5) is 0 Å². The molecule has 61 heavy (non-hydrogen) atoms. The Morgan fingerprint density at radius 1 is 0.328 bits per heavy atom. The predicted molar refractivity (Wildman–Crippen MR) is 254 cm³/mol. The van der Waals surface area contributed by atoms with E-state index >= 15 is 0 Å². The van der Waals surface area contributed by atoms with E-state index in [0.29, 0.717) is 0 Å². The fraction of sp³-hybridized carbons (Fsp3) is 0.211. The molecule has 9 aromatic rings. The molecule has 0 amide bonds. The summed E-state index contributed by atoms with van der Waals surface area (Å²) in [4.78, 5) is 13.6. The number of nitrogens with zero attached hydrogens (tertiary/aromatic N) is 3. The van der Waals surface area contributed by atoms with E-state index in [9.17, 15) is 0 Å². The quantitative estimate of drug-likeness (QED) is 0.166. The first-order valence-electron chi connectivity index (χ1n) is 20.8. The number of pyridine rings is 3. The molecule has 6 aromatic carbocycles. The van der Waals surface area contributed by atoms with Crippen LogP contribution in [0, 0.1) is 18.2 Å². The Morgan fingerprint density at radius 2 is 0.590 bits per heavy atom. The topological polar surface area (TPSA) is 38.7 Å². The Bertz CT molecular complexity index is 2510. The summed E-state index contributed by atoms with van der Waals surface area (Å²) in [5.74, 6) is 0. The summed E-state index contributed by atoms with van der Waals surface area (Å²) < 4.78 is 0. The maximum absolute atomic E-state index is 4.54. The number of fused-ring (bicyclic) bond motifs is 3. The zero-order valence-corrected chi connectivity index (χ0v) is 39.2. The molecule has 3 heterocycles. The smallest absolute Gasteiger partial charge is 0.304 e. The van der Waals surface area contributed by atoms with Gasteiger partial charge >= 0.3 is 20.1 Å². The van der Waals surface area contributed by atoms with Crippen LogP contribution in [-0.4, -0.2) is 15.0 Å². The molecule has 3 aromatic heterocycles. The minimum absolute atomic E-state index is 0. The molecule has 0 saturated carbocycles. The molecule has 0 bridgehead atoms. The van der Waals surface area contributed by atoms with Crippen molar-refractivity contribution in [1.82, 2.24) is 15.0 Å². The summed E-state index contributed by atoms with van der Waals surface area (Å²) in [6, 6.07) is 60.4. The zero-order valence-electron chi connectivity index (χ0n) is 36.8. The summed E-state index contributed by atoms with van der Waals surface area (Å²) in [5, 5.41) is 7.17. The molecule has 306 valence electrons. The third kappa shape index (κ3) is 10.8. The molecule has 9 rings (SSSR count). The van der Waals surface area contributed by atoms with Gasteiger partial charge in [-0.25, -0.2) is 0 Å². The Balaban J connectivity index is 0.000000152. The van der Waals surface area contributed by atoms with E-state index in [4.69, 9.17) is 0 Å². The third-order valence-corrected chi connectivity index (χ3v) is 10.8.